The molecular formula is C21H19N3O2S. The number of carbonyl (C=O) groups is 1. The van der Waals surface area contributed by atoms with Gasteiger partial charge in [-0.3, -0.25) is 9.20 Å². The van der Waals surface area contributed by atoms with Crippen LogP contribution in [0.25, 0.3) is 16.2 Å². The molecule has 6 heteroatoms. The van der Waals surface area contributed by atoms with E-state index in [1.807, 2.05) is 72.1 Å². The third kappa shape index (κ3) is 3.44. The summed E-state index contributed by atoms with van der Waals surface area (Å²) in [6.07, 6.45) is 1.98. The molecule has 2 aromatic heterocycles. The van der Waals surface area contributed by atoms with Crippen LogP contribution in [0.2, 0.25) is 0 Å². The molecule has 2 heterocycles. The highest BCUT2D eigenvalue weighted by molar-refractivity contribution is 7.19. The topological polar surface area (TPSA) is 55.6 Å². The van der Waals surface area contributed by atoms with E-state index in [1.165, 1.54) is 11.3 Å². The maximum absolute atomic E-state index is 12.6. The van der Waals surface area contributed by atoms with E-state index in [1.54, 1.807) is 7.11 Å². The lowest BCUT2D eigenvalue weighted by Gasteiger charge is -2.06. The Hall–Kier alpha value is -3.12. The lowest BCUT2D eigenvalue weighted by molar-refractivity contribution is 0.0954. The molecule has 0 saturated heterocycles. The van der Waals surface area contributed by atoms with Crippen molar-refractivity contribution in [2.45, 2.75) is 13.5 Å². The van der Waals surface area contributed by atoms with E-state index in [2.05, 4.69) is 10.3 Å². The van der Waals surface area contributed by atoms with E-state index in [0.29, 0.717) is 11.4 Å². The Labute approximate surface area is 161 Å². The first-order valence-electron chi connectivity index (χ1n) is 8.61. The third-order valence-corrected chi connectivity index (χ3v) is 5.58. The fraction of sp³-hybridized carbons (Fsp3) is 0.143. The first kappa shape index (κ1) is 17.3. The SMILES string of the molecule is COc1cccc(CNC(=O)c2sc3nc(-c4ccccc4)cn3c2C)c1. The summed E-state index contributed by atoms with van der Waals surface area (Å²) < 4.78 is 7.20. The average Bonchev–Trinajstić information content (AvgIpc) is 3.26. The molecule has 1 amide bonds. The number of thiazole rings is 1. The number of methoxy groups -OCH3 is 1. The van der Waals surface area contributed by atoms with Gasteiger partial charge in [0.25, 0.3) is 5.91 Å². The summed E-state index contributed by atoms with van der Waals surface area (Å²) in [5.41, 5.74) is 3.87. The van der Waals surface area contributed by atoms with E-state index in [0.717, 1.165) is 33.2 Å². The number of imidazole rings is 1. The molecule has 27 heavy (non-hydrogen) atoms. The van der Waals surface area contributed by atoms with Gasteiger partial charge in [-0.05, 0) is 24.6 Å². The van der Waals surface area contributed by atoms with Gasteiger partial charge in [-0.1, -0.05) is 53.8 Å². The Balaban J connectivity index is 1.53. The molecule has 1 N–H and O–H groups in total. The zero-order valence-corrected chi connectivity index (χ0v) is 15.9. The summed E-state index contributed by atoms with van der Waals surface area (Å²) in [4.78, 5) is 18.8. The summed E-state index contributed by atoms with van der Waals surface area (Å²) in [6.45, 7) is 2.39. The monoisotopic (exact) mass is 377 g/mol. The number of ether oxygens (including phenoxy) is 1. The molecule has 0 unspecified atom stereocenters. The smallest absolute Gasteiger partial charge is 0.263 e. The molecule has 2 aromatic carbocycles. The molecule has 0 aliphatic heterocycles. The minimum atomic E-state index is -0.0907. The molecule has 4 aromatic rings. The van der Waals surface area contributed by atoms with Crippen LogP contribution in [0.15, 0.2) is 60.8 Å². The zero-order valence-electron chi connectivity index (χ0n) is 15.1. The highest BCUT2D eigenvalue weighted by atomic mass is 32.1. The van der Waals surface area contributed by atoms with Crippen LogP contribution in [0.1, 0.15) is 20.9 Å². The third-order valence-electron chi connectivity index (χ3n) is 4.42. The zero-order chi connectivity index (χ0) is 18.8. The number of hydrogen-bond donors (Lipinski definition) is 1. The lowest BCUT2D eigenvalue weighted by atomic mass is 10.2. The molecule has 136 valence electrons. The Bertz CT molecular complexity index is 1100. The van der Waals surface area contributed by atoms with Crippen LogP contribution < -0.4 is 10.1 Å². The maximum atomic E-state index is 12.6. The predicted octanol–water partition coefficient (Wildman–Crippen LogP) is 4.31. The molecule has 0 aliphatic rings. The number of amides is 1. The number of fused-ring (bicyclic) bond motifs is 1. The van der Waals surface area contributed by atoms with Gasteiger partial charge in [0, 0.05) is 24.0 Å². The second kappa shape index (κ2) is 7.25. The molecule has 0 aliphatic carbocycles. The average molecular weight is 377 g/mol. The van der Waals surface area contributed by atoms with Crippen molar-refractivity contribution in [3.8, 4) is 17.0 Å². The van der Waals surface area contributed by atoms with E-state index < -0.39 is 0 Å². The molecule has 0 spiro atoms. The minimum absolute atomic E-state index is 0.0907. The maximum Gasteiger partial charge on any atom is 0.263 e. The van der Waals surface area contributed by atoms with Gasteiger partial charge in [0.2, 0.25) is 0 Å². The van der Waals surface area contributed by atoms with Crippen LogP contribution in [-0.4, -0.2) is 22.4 Å². The summed E-state index contributed by atoms with van der Waals surface area (Å²) in [7, 11) is 1.63. The normalized spacial score (nSPS) is 10.9. The molecule has 0 fully saturated rings. The lowest BCUT2D eigenvalue weighted by Crippen LogP contribution is -2.22. The molecule has 0 radical (unpaired) electrons. The molecular weight excluding hydrogens is 358 g/mol. The molecule has 0 atom stereocenters. The van der Waals surface area contributed by atoms with Crippen LogP contribution >= 0.6 is 11.3 Å². The number of hydrogen-bond acceptors (Lipinski definition) is 4. The fourth-order valence-electron chi connectivity index (χ4n) is 2.95. The van der Waals surface area contributed by atoms with Crippen molar-refractivity contribution in [3.63, 3.8) is 0 Å². The van der Waals surface area contributed by atoms with Crippen molar-refractivity contribution >= 4 is 22.2 Å². The number of benzene rings is 2. The second-order valence-electron chi connectivity index (χ2n) is 6.20. The van der Waals surface area contributed by atoms with Gasteiger partial charge in [-0.2, -0.15) is 0 Å². The summed E-state index contributed by atoms with van der Waals surface area (Å²) in [5, 5.41) is 2.98. The number of nitrogens with zero attached hydrogens (tertiary/aromatic N) is 2. The summed E-state index contributed by atoms with van der Waals surface area (Å²) >= 11 is 1.41. The van der Waals surface area contributed by atoms with Gasteiger partial charge in [0.1, 0.15) is 10.6 Å². The molecule has 4 rings (SSSR count). The van der Waals surface area contributed by atoms with Crippen molar-refractivity contribution in [2.24, 2.45) is 0 Å². The fourth-order valence-corrected chi connectivity index (χ4v) is 3.98. The van der Waals surface area contributed by atoms with Gasteiger partial charge in [0.05, 0.1) is 12.8 Å². The highest BCUT2D eigenvalue weighted by Crippen LogP contribution is 2.27. The van der Waals surface area contributed by atoms with Gasteiger partial charge >= 0.3 is 0 Å². The van der Waals surface area contributed by atoms with E-state index >= 15 is 0 Å². The summed E-state index contributed by atoms with van der Waals surface area (Å²) in [6, 6.07) is 17.7. The highest BCUT2D eigenvalue weighted by Gasteiger charge is 2.18. The number of aryl methyl sites for hydroxylation is 1. The van der Waals surface area contributed by atoms with Gasteiger partial charge in [-0.25, -0.2) is 4.98 Å². The van der Waals surface area contributed by atoms with E-state index in [-0.39, 0.29) is 5.91 Å². The Kier molecular flexibility index (Phi) is 4.64. The second-order valence-corrected chi connectivity index (χ2v) is 7.17. The van der Waals surface area contributed by atoms with Crippen molar-refractivity contribution in [1.29, 1.82) is 0 Å². The number of aromatic nitrogens is 2. The first-order valence-corrected chi connectivity index (χ1v) is 9.42. The van der Waals surface area contributed by atoms with Crippen LogP contribution in [0.3, 0.4) is 0 Å². The van der Waals surface area contributed by atoms with Gasteiger partial charge < -0.3 is 10.1 Å². The minimum Gasteiger partial charge on any atom is -0.497 e. The van der Waals surface area contributed by atoms with E-state index in [9.17, 15) is 4.79 Å². The van der Waals surface area contributed by atoms with Gasteiger partial charge in [-0.15, -0.1) is 0 Å². The van der Waals surface area contributed by atoms with Crippen LogP contribution in [0.4, 0.5) is 0 Å². The quantitative estimate of drug-likeness (QED) is 0.564. The van der Waals surface area contributed by atoms with Crippen molar-refractivity contribution in [1.82, 2.24) is 14.7 Å². The number of rotatable bonds is 5. The van der Waals surface area contributed by atoms with Crippen molar-refractivity contribution in [2.75, 3.05) is 7.11 Å². The van der Waals surface area contributed by atoms with Crippen LogP contribution in [0, 0.1) is 6.92 Å². The van der Waals surface area contributed by atoms with E-state index in [4.69, 9.17) is 4.74 Å². The largest absolute Gasteiger partial charge is 0.497 e. The van der Waals surface area contributed by atoms with Crippen LogP contribution in [0.5, 0.6) is 5.75 Å². The molecule has 0 saturated carbocycles. The molecule has 0 bridgehead atoms. The van der Waals surface area contributed by atoms with Crippen LogP contribution in [-0.2, 0) is 6.54 Å². The van der Waals surface area contributed by atoms with Gasteiger partial charge in [0.15, 0.2) is 4.96 Å². The Morgan fingerprint density at radius 3 is 2.74 bits per heavy atom. The van der Waals surface area contributed by atoms with Crippen molar-refractivity contribution in [3.05, 3.63) is 76.9 Å². The Morgan fingerprint density at radius 2 is 2.00 bits per heavy atom. The first-order chi connectivity index (χ1) is 13.2. The standard InChI is InChI=1S/C21H19N3O2S/c1-14-19(20(25)22-12-15-7-6-10-17(11-15)26-2)27-21-23-18(13-24(14)21)16-8-4-3-5-9-16/h3-11,13H,12H2,1-2H3,(H,22,25). The van der Waals surface area contributed by atoms with Crippen molar-refractivity contribution < 1.29 is 9.53 Å². The summed E-state index contributed by atoms with van der Waals surface area (Å²) in [5.74, 6) is 0.688. The number of nitrogens with one attached hydrogen (secondary N) is 1. The Morgan fingerprint density at radius 1 is 1.19 bits per heavy atom. The number of carbonyl (C=O) groups excluding carboxylic acids is 1. The molecule has 5 nitrogen and oxygen atoms in total. The predicted molar refractivity (Wildman–Crippen MR) is 107 cm³/mol.